The molecular weight excluding hydrogens is 460 g/mol. The fraction of sp³-hybridized carbons (Fsp3) is 0.348. The van der Waals surface area contributed by atoms with E-state index in [4.69, 9.17) is 0 Å². The second-order valence-corrected chi connectivity index (χ2v) is 9.38. The summed E-state index contributed by atoms with van der Waals surface area (Å²) in [5.41, 5.74) is 2.16. The van der Waals surface area contributed by atoms with Crippen molar-refractivity contribution in [1.82, 2.24) is 19.7 Å². The van der Waals surface area contributed by atoms with Crippen molar-refractivity contribution in [3.05, 3.63) is 64.6 Å². The molecule has 0 spiro atoms. The summed E-state index contributed by atoms with van der Waals surface area (Å²) in [6, 6.07) is 18.6. The minimum atomic E-state index is 0.184. The predicted molar refractivity (Wildman–Crippen MR) is 124 cm³/mol. The first-order valence-corrected chi connectivity index (χ1v) is 12.1. The molecule has 1 saturated heterocycles. The van der Waals surface area contributed by atoms with E-state index in [0.29, 0.717) is 18.3 Å². The van der Waals surface area contributed by atoms with Gasteiger partial charge in [0.1, 0.15) is 0 Å². The second-order valence-electron chi connectivity index (χ2n) is 7.58. The van der Waals surface area contributed by atoms with Gasteiger partial charge in [-0.3, -0.25) is 9.36 Å². The molecule has 1 aliphatic rings. The van der Waals surface area contributed by atoms with E-state index in [1.807, 2.05) is 47.4 Å². The van der Waals surface area contributed by atoms with E-state index in [-0.39, 0.29) is 5.91 Å². The van der Waals surface area contributed by atoms with E-state index in [1.165, 1.54) is 23.7 Å². The first kappa shape index (κ1) is 21.1. The molecule has 1 amide bonds. The van der Waals surface area contributed by atoms with E-state index >= 15 is 0 Å². The summed E-state index contributed by atoms with van der Waals surface area (Å²) in [4.78, 5) is 14.8. The molecular formula is C23H25BrN4OS. The van der Waals surface area contributed by atoms with Crippen LogP contribution in [-0.4, -0.2) is 43.9 Å². The standard InChI is InChI=1S/C23H25BrN4OS/c1-17-9-7-8-14-27(17)21(29)16-30-23-26-25-22(19-12-5-6-13-20(19)24)28(23)15-18-10-3-2-4-11-18/h2-6,10-13,17H,7-9,14-16H2,1H3. The zero-order valence-electron chi connectivity index (χ0n) is 17.0. The van der Waals surface area contributed by atoms with Gasteiger partial charge in [0.15, 0.2) is 11.0 Å². The molecule has 4 rings (SSSR count). The Morgan fingerprint density at radius 3 is 2.63 bits per heavy atom. The second kappa shape index (κ2) is 9.79. The smallest absolute Gasteiger partial charge is 0.233 e. The minimum absolute atomic E-state index is 0.184. The number of carbonyl (C=O) groups is 1. The maximum atomic E-state index is 12.8. The SMILES string of the molecule is CC1CCCCN1C(=O)CSc1nnc(-c2ccccc2Br)n1Cc1ccccc1. The third kappa shape index (κ3) is 4.78. The largest absolute Gasteiger partial charge is 0.339 e. The fourth-order valence-corrected chi connectivity index (χ4v) is 5.11. The topological polar surface area (TPSA) is 51.0 Å². The van der Waals surface area contributed by atoms with Crippen LogP contribution in [-0.2, 0) is 11.3 Å². The molecule has 0 saturated carbocycles. The molecule has 0 bridgehead atoms. The number of hydrogen-bond donors (Lipinski definition) is 0. The Hall–Kier alpha value is -2.12. The fourth-order valence-electron chi connectivity index (χ4n) is 3.82. The Labute approximate surface area is 190 Å². The summed E-state index contributed by atoms with van der Waals surface area (Å²) in [5.74, 6) is 1.37. The van der Waals surface area contributed by atoms with Gasteiger partial charge in [0, 0.05) is 22.6 Å². The van der Waals surface area contributed by atoms with Crippen molar-refractivity contribution < 1.29 is 4.79 Å². The van der Waals surface area contributed by atoms with E-state index in [0.717, 1.165) is 40.4 Å². The number of piperidine rings is 1. The molecule has 1 fully saturated rings. The molecule has 1 unspecified atom stereocenters. The number of nitrogens with zero attached hydrogens (tertiary/aromatic N) is 4. The van der Waals surface area contributed by atoms with Crippen LogP contribution in [0.5, 0.6) is 0 Å². The monoisotopic (exact) mass is 484 g/mol. The summed E-state index contributed by atoms with van der Waals surface area (Å²) in [6.45, 7) is 3.66. The van der Waals surface area contributed by atoms with E-state index in [1.54, 1.807) is 0 Å². The Bertz CT molecular complexity index is 1010. The van der Waals surface area contributed by atoms with E-state index in [9.17, 15) is 4.79 Å². The van der Waals surface area contributed by atoms with Crippen LogP contribution in [0.3, 0.4) is 0 Å². The first-order valence-electron chi connectivity index (χ1n) is 10.3. The van der Waals surface area contributed by atoms with Crippen molar-refractivity contribution in [2.75, 3.05) is 12.3 Å². The molecule has 5 nitrogen and oxygen atoms in total. The highest BCUT2D eigenvalue weighted by Gasteiger charge is 2.24. The Kier molecular flexibility index (Phi) is 6.89. The van der Waals surface area contributed by atoms with Crippen molar-refractivity contribution in [3.8, 4) is 11.4 Å². The lowest BCUT2D eigenvalue weighted by Gasteiger charge is -2.33. The number of carbonyl (C=O) groups excluding carboxylic acids is 1. The van der Waals surface area contributed by atoms with Crippen molar-refractivity contribution in [3.63, 3.8) is 0 Å². The summed E-state index contributed by atoms with van der Waals surface area (Å²) in [5, 5.41) is 9.70. The number of halogens is 1. The van der Waals surface area contributed by atoms with Gasteiger partial charge in [0.25, 0.3) is 0 Å². The molecule has 1 atom stereocenters. The van der Waals surface area contributed by atoms with Crippen molar-refractivity contribution in [1.29, 1.82) is 0 Å². The minimum Gasteiger partial charge on any atom is -0.339 e. The maximum absolute atomic E-state index is 12.8. The number of rotatable bonds is 6. The Morgan fingerprint density at radius 2 is 1.87 bits per heavy atom. The third-order valence-electron chi connectivity index (χ3n) is 5.46. The molecule has 30 heavy (non-hydrogen) atoms. The highest BCUT2D eigenvalue weighted by molar-refractivity contribution is 9.10. The van der Waals surface area contributed by atoms with Gasteiger partial charge in [-0.05, 0) is 37.8 Å². The highest BCUT2D eigenvalue weighted by Crippen LogP contribution is 2.30. The van der Waals surface area contributed by atoms with Crippen LogP contribution in [0.2, 0.25) is 0 Å². The van der Waals surface area contributed by atoms with Gasteiger partial charge in [0.05, 0.1) is 12.3 Å². The van der Waals surface area contributed by atoms with Crippen LogP contribution in [0, 0.1) is 0 Å². The highest BCUT2D eigenvalue weighted by atomic mass is 79.9. The molecule has 7 heteroatoms. The molecule has 3 aromatic rings. The third-order valence-corrected chi connectivity index (χ3v) is 7.11. The quantitative estimate of drug-likeness (QED) is 0.448. The predicted octanol–water partition coefficient (Wildman–Crippen LogP) is 5.25. The van der Waals surface area contributed by atoms with Crippen LogP contribution in [0.15, 0.2) is 64.2 Å². The van der Waals surface area contributed by atoms with Gasteiger partial charge in [-0.2, -0.15) is 0 Å². The molecule has 0 aliphatic carbocycles. The van der Waals surface area contributed by atoms with Gasteiger partial charge < -0.3 is 4.90 Å². The average molecular weight is 485 g/mol. The maximum Gasteiger partial charge on any atom is 0.233 e. The Balaban J connectivity index is 1.59. The lowest BCUT2D eigenvalue weighted by molar-refractivity contribution is -0.131. The molecule has 0 radical (unpaired) electrons. The van der Waals surface area contributed by atoms with Crippen molar-refractivity contribution in [2.24, 2.45) is 0 Å². The number of amides is 1. The summed E-state index contributed by atoms with van der Waals surface area (Å²) >= 11 is 5.11. The Morgan fingerprint density at radius 1 is 1.10 bits per heavy atom. The lowest BCUT2D eigenvalue weighted by atomic mass is 10.0. The van der Waals surface area contributed by atoms with E-state index in [2.05, 4.69) is 49.8 Å². The molecule has 1 aliphatic heterocycles. The normalized spacial score (nSPS) is 16.6. The lowest BCUT2D eigenvalue weighted by Crippen LogP contribution is -2.43. The van der Waals surface area contributed by atoms with Crippen LogP contribution in [0.4, 0.5) is 0 Å². The summed E-state index contributed by atoms with van der Waals surface area (Å²) in [7, 11) is 0. The van der Waals surface area contributed by atoms with Crippen molar-refractivity contribution >= 4 is 33.6 Å². The van der Waals surface area contributed by atoms with Gasteiger partial charge >= 0.3 is 0 Å². The van der Waals surface area contributed by atoms with Crippen LogP contribution >= 0.6 is 27.7 Å². The van der Waals surface area contributed by atoms with Gasteiger partial charge in [-0.25, -0.2) is 0 Å². The van der Waals surface area contributed by atoms with E-state index < -0.39 is 0 Å². The molecule has 2 heterocycles. The first-order chi connectivity index (χ1) is 14.6. The van der Waals surface area contributed by atoms with Crippen molar-refractivity contribution in [2.45, 2.75) is 43.9 Å². The summed E-state index contributed by atoms with van der Waals surface area (Å²) < 4.78 is 3.08. The average Bonchev–Trinajstić information content (AvgIpc) is 3.15. The molecule has 1 aromatic heterocycles. The number of hydrogen-bond acceptors (Lipinski definition) is 4. The van der Waals surface area contributed by atoms with Gasteiger partial charge in [0.2, 0.25) is 5.91 Å². The number of likely N-dealkylation sites (tertiary alicyclic amines) is 1. The summed E-state index contributed by atoms with van der Waals surface area (Å²) in [6.07, 6.45) is 3.39. The van der Waals surface area contributed by atoms with Crippen LogP contribution in [0.1, 0.15) is 31.7 Å². The van der Waals surface area contributed by atoms with Crippen LogP contribution < -0.4 is 0 Å². The molecule has 156 valence electrons. The van der Waals surface area contributed by atoms with Gasteiger partial charge in [-0.15, -0.1) is 10.2 Å². The molecule has 2 aromatic carbocycles. The number of aromatic nitrogens is 3. The zero-order valence-corrected chi connectivity index (χ0v) is 19.4. The number of benzene rings is 2. The zero-order chi connectivity index (χ0) is 20.9. The van der Waals surface area contributed by atoms with Crippen LogP contribution in [0.25, 0.3) is 11.4 Å². The van der Waals surface area contributed by atoms with Gasteiger partial charge in [-0.1, -0.05) is 76.2 Å². The molecule has 0 N–H and O–H groups in total. The number of thioether (sulfide) groups is 1.